The van der Waals surface area contributed by atoms with Gasteiger partial charge in [0.05, 0.1) is 12.5 Å². The number of carbonyl (C=O) groups is 2. The number of alkyl carbamates (subject to hydrolysis) is 1. The Morgan fingerprint density at radius 3 is 2.42 bits per heavy atom. The zero-order valence-electron chi connectivity index (χ0n) is 15.0. The summed E-state index contributed by atoms with van der Waals surface area (Å²) >= 11 is 0. The minimum absolute atomic E-state index is 0.0246. The first kappa shape index (κ1) is 19.8. The molecule has 1 rings (SSSR count). The van der Waals surface area contributed by atoms with Gasteiger partial charge < -0.3 is 19.5 Å². The Hall–Kier alpha value is -2.24. The number of hydrogen-bond donors (Lipinski definition) is 1. The van der Waals surface area contributed by atoms with Gasteiger partial charge in [-0.15, -0.1) is 0 Å². The van der Waals surface area contributed by atoms with Gasteiger partial charge in [-0.25, -0.2) is 4.79 Å². The number of nitrogens with one attached hydrogen (secondary N) is 1. The van der Waals surface area contributed by atoms with Crippen LogP contribution in [0.1, 0.15) is 40.2 Å². The third-order valence-corrected chi connectivity index (χ3v) is 3.19. The average Bonchev–Trinajstić information content (AvgIpc) is 2.50. The zero-order valence-corrected chi connectivity index (χ0v) is 15.0. The summed E-state index contributed by atoms with van der Waals surface area (Å²) in [7, 11) is 0. The molecule has 0 spiro atoms. The first-order valence-electron chi connectivity index (χ1n) is 8.01. The average molecular weight is 337 g/mol. The van der Waals surface area contributed by atoms with Crippen LogP contribution < -0.4 is 10.1 Å². The second kappa shape index (κ2) is 9.15. The van der Waals surface area contributed by atoms with Crippen LogP contribution in [0, 0.1) is 5.92 Å². The number of amides is 1. The maximum Gasteiger partial charge on any atom is 0.410 e. The maximum atomic E-state index is 11.5. The molecule has 0 atom stereocenters. The Labute approximate surface area is 143 Å². The summed E-state index contributed by atoms with van der Waals surface area (Å²) in [5, 5.41) is 2.54. The van der Waals surface area contributed by atoms with E-state index in [-0.39, 0.29) is 17.9 Å². The van der Waals surface area contributed by atoms with Crippen molar-refractivity contribution in [2.45, 2.75) is 40.0 Å². The van der Waals surface area contributed by atoms with Crippen LogP contribution in [0.25, 0.3) is 0 Å². The van der Waals surface area contributed by atoms with Gasteiger partial charge in [-0.2, -0.15) is 0 Å². The predicted molar refractivity (Wildman–Crippen MR) is 90.9 cm³/mol. The van der Waals surface area contributed by atoms with Crippen molar-refractivity contribution in [3.63, 3.8) is 0 Å². The zero-order chi connectivity index (χ0) is 18.2. The van der Waals surface area contributed by atoms with Gasteiger partial charge in [0.2, 0.25) is 6.79 Å². The van der Waals surface area contributed by atoms with Gasteiger partial charge in [-0.3, -0.25) is 4.79 Å². The van der Waals surface area contributed by atoms with Crippen LogP contribution >= 0.6 is 0 Å². The van der Waals surface area contributed by atoms with Crippen molar-refractivity contribution in [1.29, 1.82) is 0 Å². The molecule has 134 valence electrons. The van der Waals surface area contributed by atoms with Gasteiger partial charge in [0.15, 0.2) is 0 Å². The van der Waals surface area contributed by atoms with Gasteiger partial charge in [0.1, 0.15) is 12.4 Å². The molecule has 1 amide bonds. The van der Waals surface area contributed by atoms with E-state index in [9.17, 15) is 9.59 Å². The first-order chi connectivity index (χ1) is 11.2. The molecule has 0 aliphatic heterocycles. The molecule has 6 heteroatoms. The smallest absolute Gasteiger partial charge is 0.410 e. The molecule has 0 radical (unpaired) electrons. The van der Waals surface area contributed by atoms with E-state index in [1.54, 1.807) is 13.8 Å². The highest BCUT2D eigenvalue weighted by Gasteiger charge is 2.18. The lowest BCUT2D eigenvalue weighted by atomic mass is 9.86. The van der Waals surface area contributed by atoms with Crippen LogP contribution in [0.3, 0.4) is 0 Å². The fourth-order valence-electron chi connectivity index (χ4n) is 1.88. The van der Waals surface area contributed by atoms with E-state index in [0.717, 1.165) is 11.3 Å². The number of benzene rings is 1. The Morgan fingerprint density at radius 2 is 1.79 bits per heavy atom. The fourth-order valence-corrected chi connectivity index (χ4v) is 1.88. The van der Waals surface area contributed by atoms with Crippen molar-refractivity contribution in [1.82, 2.24) is 5.32 Å². The molecule has 0 fully saturated rings. The standard InChI is InChI=1S/C18H27NO5/c1-13(2)16(20)23-12-24-17(21)19-10-11-22-15-9-7-6-8-14(15)18(3,4)5/h6-9,13H,10-12H2,1-5H3,(H,19,21). The van der Waals surface area contributed by atoms with E-state index in [4.69, 9.17) is 14.2 Å². The van der Waals surface area contributed by atoms with Crippen LogP contribution in [0.4, 0.5) is 4.79 Å². The maximum absolute atomic E-state index is 11.5. The summed E-state index contributed by atoms with van der Waals surface area (Å²) in [4.78, 5) is 22.7. The predicted octanol–water partition coefficient (Wildman–Crippen LogP) is 3.25. The van der Waals surface area contributed by atoms with E-state index in [1.807, 2.05) is 24.3 Å². The van der Waals surface area contributed by atoms with E-state index < -0.39 is 18.9 Å². The molecule has 24 heavy (non-hydrogen) atoms. The Bertz CT molecular complexity index is 549. The number of ether oxygens (including phenoxy) is 3. The third kappa shape index (κ3) is 6.89. The van der Waals surface area contributed by atoms with Crippen LogP contribution in [-0.2, 0) is 19.7 Å². The Morgan fingerprint density at radius 1 is 1.12 bits per heavy atom. The SMILES string of the molecule is CC(C)C(=O)OCOC(=O)NCCOc1ccccc1C(C)(C)C. The second-order valence-electron chi connectivity index (χ2n) is 6.69. The van der Waals surface area contributed by atoms with Crippen LogP contribution in [0.5, 0.6) is 5.75 Å². The summed E-state index contributed by atoms with van der Waals surface area (Å²) in [5.74, 6) is 0.129. The fraction of sp³-hybridized carbons (Fsp3) is 0.556. The molecule has 0 heterocycles. The lowest BCUT2D eigenvalue weighted by Crippen LogP contribution is -2.30. The molecule has 1 aromatic rings. The lowest BCUT2D eigenvalue weighted by Gasteiger charge is -2.22. The highest BCUT2D eigenvalue weighted by Crippen LogP contribution is 2.30. The molecule has 1 N–H and O–H groups in total. The normalized spacial score (nSPS) is 11.1. The van der Waals surface area contributed by atoms with Crippen LogP contribution in [0.2, 0.25) is 0 Å². The number of rotatable bonds is 7. The molecule has 0 aliphatic rings. The van der Waals surface area contributed by atoms with Crippen molar-refractivity contribution in [3.8, 4) is 5.75 Å². The third-order valence-electron chi connectivity index (χ3n) is 3.19. The molecule has 6 nitrogen and oxygen atoms in total. The second-order valence-corrected chi connectivity index (χ2v) is 6.69. The molecule has 0 aliphatic carbocycles. The molecule has 0 saturated carbocycles. The Kier molecular flexibility index (Phi) is 7.55. The number of para-hydroxylation sites is 1. The lowest BCUT2D eigenvalue weighted by molar-refractivity contribution is -0.155. The molecule has 0 bridgehead atoms. The molecule has 0 aromatic heterocycles. The molecule has 1 aromatic carbocycles. The van der Waals surface area contributed by atoms with E-state index in [1.165, 1.54) is 0 Å². The quantitative estimate of drug-likeness (QED) is 0.470. The minimum atomic E-state index is -0.653. The number of carbonyl (C=O) groups excluding carboxylic acids is 2. The van der Waals surface area contributed by atoms with Crippen molar-refractivity contribution in [3.05, 3.63) is 29.8 Å². The summed E-state index contributed by atoms with van der Waals surface area (Å²) in [6.45, 7) is 9.96. The minimum Gasteiger partial charge on any atom is -0.491 e. The van der Waals surface area contributed by atoms with Gasteiger partial charge in [-0.05, 0) is 17.0 Å². The van der Waals surface area contributed by atoms with Crippen LogP contribution in [-0.4, -0.2) is 32.0 Å². The Balaban J connectivity index is 2.29. The molecule has 0 saturated heterocycles. The van der Waals surface area contributed by atoms with Gasteiger partial charge in [-0.1, -0.05) is 52.8 Å². The first-order valence-corrected chi connectivity index (χ1v) is 8.01. The van der Waals surface area contributed by atoms with E-state index in [0.29, 0.717) is 6.61 Å². The topological polar surface area (TPSA) is 73.9 Å². The number of esters is 1. The number of hydrogen-bond acceptors (Lipinski definition) is 5. The highest BCUT2D eigenvalue weighted by atomic mass is 16.7. The van der Waals surface area contributed by atoms with Gasteiger partial charge in [0.25, 0.3) is 0 Å². The largest absolute Gasteiger partial charge is 0.491 e. The summed E-state index contributed by atoms with van der Waals surface area (Å²) in [6, 6.07) is 7.82. The summed E-state index contributed by atoms with van der Waals surface area (Å²) in [6.07, 6.45) is -0.653. The van der Waals surface area contributed by atoms with Crippen molar-refractivity contribution in [2.24, 2.45) is 5.92 Å². The monoisotopic (exact) mass is 337 g/mol. The molecular weight excluding hydrogens is 310 g/mol. The van der Waals surface area contributed by atoms with Crippen molar-refractivity contribution >= 4 is 12.1 Å². The highest BCUT2D eigenvalue weighted by molar-refractivity contribution is 5.71. The molecule has 0 unspecified atom stereocenters. The van der Waals surface area contributed by atoms with Crippen molar-refractivity contribution < 1.29 is 23.8 Å². The molecular formula is C18H27NO5. The van der Waals surface area contributed by atoms with Crippen molar-refractivity contribution in [2.75, 3.05) is 19.9 Å². The summed E-state index contributed by atoms with van der Waals surface area (Å²) < 4.78 is 15.2. The van der Waals surface area contributed by atoms with E-state index in [2.05, 4.69) is 26.1 Å². The summed E-state index contributed by atoms with van der Waals surface area (Å²) in [5.41, 5.74) is 1.08. The van der Waals surface area contributed by atoms with Gasteiger partial charge >= 0.3 is 12.1 Å². The van der Waals surface area contributed by atoms with Crippen LogP contribution in [0.15, 0.2) is 24.3 Å². The van der Waals surface area contributed by atoms with Gasteiger partial charge in [0, 0.05) is 0 Å². The van der Waals surface area contributed by atoms with E-state index >= 15 is 0 Å².